The van der Waals surface area contributed by atoms with Crippen LogP contribution in [0.3, 0.4) is 0 Å². The van der Waals surface area contributed by atoms with Crippen molar-refractivity contribution in [1.29, 1.82) is 0 Å². The van der Waals surface area contributed by atoms with E-state index in [0.717, 1.165) is 0 Å². The average Bonchev–Trinajstić information content (AvgIpc) is 1.00. The smallest absolute Gasteiger partial charge is 0.344 e. The second-order valence-corrected chi connectivity index (χ2v) is 0. The van der Waals surface area contributed by atoms with Gasteiger partial charge in [0.05, 0.1) is 0 Å². The molecule has 0 saturated carbocycles. The van der Waals surface area contributed by atoms with Crippen molar-refractivity contribution in [3.8, 4) is 0 Å². The summed E-state index contributed by atoms with van der Waals surface area (Å²) >= 11 is 0. The standard InChI is InChI=1S/C2H4.Fe.H3N/c1-2;;/h1-2H2;;1H3/q;+2;. The maximum absolute atomic E-state index is 3.00. The SMILES string of the molecule is C=C.N.[Fe+2]. The van der Waals surface area contributed by atoms with Crippen LogP contribution >= 0.6 is 0 Å². The Morgan fingerprint density at radius 2 is 1.00 bits per heavy atom. The first-order valence-corrected chi connectivity index (χ1v) is 0.500. The van der Waals surface area contributed by atoms with Gasteiger partial charge in [0.25, 0.3) is 0 Å². The molecule has 0 unspecified atom stereocenters. The molecule has 0 bridgehead atoms. The molecule has 0 aromatic carbocycles. The molecule has 3 N–H and O–H groups in total. The molecule has 2 heteroatoms. The number of rotatable bonds is 0. The monoisotopic (exact) mass is 101 g/mol. The summed E-state index contributed by atoms with van der Waals surface area (Å²) in [7, 11) is 0. The molecule has 0 atom stereocenters. The second-order valence-electron chi connectivity index (χ2n) is 0. The Morgan fingerprint density at radius 3 is 1.00 bits per heavy atom. The van der Waals surface area contributed by atoms with Gasteiger partial charge >= 0.3 is 17.1 Å². The van der Waals surface area contributed by atoms with E-state index in [1.54, 1.807) is 0 Å². The van der Waals surface area contributed by atoms with Crippen LogP contribution in [-0.4, -0.2) is 0 Å². The van der Waals surface area contributed by atoms with E-state index in [1.165, 1.54) is 0 Å². The Morgan fingerprint density at radius 1 is 1.00 bits per heavy atom. The van der Waals surface area contributed by atoms with Crippen molar-refractivity contribution in [2.75, 3.05) is 0 Å². The maximum atomic E-state index is 3.00. The van der Waals surface area contributed by atoms with Gasteiger partial charge in [-0.25, -0.2) is 0 Å². The molecule has 0 radical (unpaired) electrons. The number of hydrogen-bond acceptors (Lipinski definition) is 1. The molecule has 0 aliphatic carbocycles. The Bertz CT molecular complexity index is 6.00. The first kappa shape index (κ1) is 29.4. The van der Waals surface area contributed by atoms with Crippen molar-refractivity contribution >= 4 is 0 Å². The van der Waals surface area contributed by atoms with Crippen LogP contribution in [0.25, 0.3) is 0 Å². The molecule has 4 heavy (non-hydrogen) atoms. The fourth-order valence-electron chi connectivity index (χ4n) is 0. The third kappa shape index (κ3) is 68.5. The van der Waals surface area contributed by atoms with Crippen LogP contribution < -0.4 is 6.15 Å². The van der Waals surface area contributed by atoms with Crippen LogP contribution in [-0.2, 0) is 17.1 Å². The van der Waals surface area contributed by atoms with E-state index in [0.29, 0.717) is 0 Å². The van der Waals surface area contributed by atoms with E-state index < -0.39 is 0 Å². The fraction of sp³-hybridized carbons (Fsp3) is 0. The van der Waals surface area contributed by atoms with Gasteiger partial charge in [-0.05, 0) is 0 Å². The van der Waals surface area contributed by atoms with Crippen molar-refractivity contribution in [1.82, 2.24) is 6.15 Å². The Labute approximate surface area is 37.1 Å². The summed E-state index contributed by atoms with van der Waals surface area (Å²) in [6.07, 6.45) is 0. The molecule has 26 valence electrons. The summed E-state index contributed by atoms with van der Waals surface area (Å²) in [4.78, 5) is 0. The van der Waals surface area contributed by atoms with E-state index in [9.17, 15) is 0 Å². The Kier molecular flexibility index (Phi) is 2420. The molecule has 0 aromatic rings. The molecule has 0 aromatic heterocycles. The summed E-state index contributed by atoms with van der Waals surface area (Å²) in [5.41, 5.74) is 0. The van der Waals surface area contributed by atoms with Crippen LogP contribution in [0.15, 0.2) is 13.2 Å². The molecule has 1 nitrogen and oxygen atoms in total. The van der Waals surface area contributed by atoms with Crippen molar-refractivity contribution in [3.05, 3.63) is 13.2 Å². The van der Waals surface area contributed by atoms with Crippen LogP contribution in [0.2, 0.25) is 0 Å². The quantitative estimate of drug-likeness (QED) is 0.358. The molecule has 0 spiro atoms. The predicted molar refractivity (Wildman–Crippen MR) is 16.3 cm³/mol. The maximum Gasteiger partial charge on any atom is 2.00 e. The second kappa shape index (κ2) is 329. The minimum absolute atomic E-state index is 0. The summed E-state index contributed by atoms with van der Waals surface area (Å²) < 4.78 is 0. The van der Waals surface area contributed by atoms with Crippen LogP contribution in [0, 0.1) is 0 Å². The van der Waals surface area contributed by atoms with Gasteiger partial charge in [0.1, 0.15) is 0 Å². The van der Waals surface area contributed by atoms with Crippen LogP contribution in [0.5, 0.6) is 0 Å². The van der Waals surface area contributed by atoms with Crippen molar-refractivity contribution in [2.45, 2.75) is 0 Å². The molecule has 0 heterocycles. The van der Waals surface area contributed by atoms with Gasteiger partial charge < -0.3 is 6.15 Å². The first-order chi connectivity index (χ1) is 1.00. The minimum Gasteiger partial charge on any atom is -0.344 e. The predicted octanol–water partition coefficient (Wildman–Crippen LogP) is 0.962. The molecule has 0 aliphatic rings. The van der Waals surface area contributed by atoms with Crippen molar-refractivity contribution in [2.24, 2.45) is 0 Å². The molecule has 0 rings (SSSR count). The van der Waals surface area contributed by atoms with Gasteiger partial charge in [-0.15, -0.1) is 13.2 Å². The van der Waals surface area contributed by atoms with Gasteiger partial charge in [0, 0.05) is 0 Å². The summed E-state index contributed by atoms with van der Waals surface area (Å²) in [5.74, 6) is 0. The average molecular weight is 101 g/mol. The normalized spacial score (nSPS) is 1.00. The summed E-state index contributed by atoms with van der Waals surface area (Å²) in [6.45, 7) is 6.00. The van der Waals surface area contributed by atoms with Crippen molar-refractivity contribution < 1.29 is 17.1 Å². The molecule has 0 aliphatic heterocycles. The molecule has 0 saturated heterocycles. The molecule has 0 fully saturated rings. The summed E-state index contributed by atoms with van der Waals surface area (Å²) in [6, 6.07) is 0. The minimum atomic E-state index is 0. The van der Waals surface area contributed by atoms with E-state index in [2.05, 4.69) is 13.2 Å². The van der Waals surface area contributed by atoms with Gasteiger partial charge in [-0.1, -0.05) is 0 Å². The van der Waals surface area contributed by atoms with Crippen LogP contribution in [0.1, 0.15) is 0 Å². The van der Waals surface area contributed by atoms with E-state index in [-0.39, 0.29) is 23.2 Å². The van der Waals surface area contributed by atoms with Gasteiger partial charge in [0.15, 0.2) is 0 Å². The zero-order chi connectivity index (χ0) is 2.00. The van der Waals surface area contributed by atoms with Gasteiger partial charge in [-0.2, -0.15) is 0 Å². The van der Waals surface area contributed by atoms with Gasteiger partial charge in [0.2, 0.25) is 0 Å². The number of hydrogen-bond donors (Lipinski definition) is 1. The Hall–Kier alpha value is 0.219. The molecule has 0 amide bonds. The van der Waals surface area contributed by atoms with Crippen molar-refractivity contribution in [3.63, 3.8) is 0 Å². The van der Waals surface area contributed by atoms with E-state index >= 15 is 0 Å². The van der Waals surface area contributed by atoms with E-state index in [4.69, 9.17) is 0 Å². The topological polar surface area (TPSA) is 35.0 Å². The zero-order valence-electron chi connectivity index (χ0n) is 2.47. The van der Waals surface area contributed by atoms with Crippen LogP contribution in [0.4, 0.5) is 0 Å². The Balaban J connectivity index is -0.00000000500. The van der Waals surface area contributed by atoms with E-state index in [1.807, 2.05) is 0 Å². The largest absolute Gasteiger partial charge is 2.00 e. The van der Waals surface area contributed by atoms with Gasteiger partial charge in [-0.3, -0.25) is 0 Å². The first-order valence-electron chi connectivity index (χ1n) is 0.500. The molecular weight excluding hydrogens is 93.9 g/mol. The third-order valence-corrected chi connectivity index (χ3v) is 0. The summed E-state index contributed by atoms with van der Waals surface area (Å²) in [5, 5.41) is 0. The zero-order valence-corrected chi connectivity index (χ0v) is 3.58. The molecular formula is C2H7FeN+2. The fourth-order valence-corrected chi connectivity index (χ4v) is 0. The third-order valence-electron chi connectivity index (χ3n) is 0.